The van der Waals surface area contributed by atoms with E-state index in [4.69, 9.17) is 18.9 Å². The maximum atomic E-state index is 12.7. The van der Waals surface area contributed by atoms with E-state index in [-0.39, 0.29) is 17.5 Å². The molecule has 3 heterocycles. The van der Waals surface area contributed by atoms with Crippen LogP contribution >= 0.6 is 0 Å². The second-order valence-corrected chi connectivity index (χ2v) is 11.7. The summed E-state index contributed by atoms with van der Waals surface area (Å²) in [6, 6.07) is 19.6. The molecule has 0 saturated carbocycles. The molecule has 5 rings (SSSR count). The van der Waals surface area contributed by atoms with Gasteiger partial charge in [0.25, 0.3) is 0 Å². The Kier molecular flexibility index (Phi) is 6.32. The zero-order chi connectivity index (χ0) is 23.1. The van der Waals surface area contributed by atoms with Crippen molar-refractivity contribution in [1.29, 1.82) is 0 Å². The Balaban J connectivity index is 1.41. The molecule has 0 aromatic heterocycles. The molecule has 3 aliphatic heterocycles. The SMILES string of the molecule is CC1(C)O[C@H]2O[C@H]([C@@H]3CS(=O)(=O)CCN3Cc3ccccc3)[C@H](OCc3ccccc3)[C@H]2O1. The maximum Gasteiger partial charge on any atom is 0.190 e. The molecule has 0 amide bonds. The van der Waals surface area contributed by atoms with Crippen molar-refractivity contribution in [1.82, 2.24) is 4.90 Å². The van der Waals surface area contributed by atoms with Crippen molar-refractivity contribution in [2.45, 2.75) is 63.4 Å². The van der Waals surface area contributed by atoms with Crippen LogP contribution in [0.3, 0.4) is 0 Å². The van der Waals surface area contributed by atoms with Gasteiger partial charge in [-0.25, -0.2) is 8.42 Å². The van der Waals surface area contributed by atoms with E-state index < -0.39 is 40.2 Å². The Hall–Kier alpha value is -1.81. The van der Waals surface area contributed by atoms with Gasteiger partial charge in [-0.1, -0.05) is 60.7 Å². The van der Waals surface area contributed by atoms with Crippen molar-refractivity contribution in [2.75, 3.05) is 18.1 Å². The zero-order valence-electron chi connectivity index (χ0n) is 19.0. The highest BCUT2D eigenvalue weighted by Crippen LogP contribution is 2.41. The van der Waals surface area contributed by atoms with Crippen LogP contribution in [-0.4, -0.2) is 67.8 Å². The Morgan fingerprint density at radius 2 is 1.64 bits per heavy atom. The largest absolute Gasteiger partial charge is 0.368 e. The Morgan fingerprint density at radius 1 is 0.970 bits per heavy atom. The molecule has 0 radical (unpaired) electrons. The predicted octanol–water partition coefficient (Wildman–Crippen LogP) is 2.75. The number of sulfone groups is 1. The van der Waals surface area contributed by atoms with Gasteiger partial charge in [0.1, 0.15) is 18.3 Å². The van der Waals surface area contributed by atoms with Crippen LogP contribution in [0.15, 0.2) is 60.7 Å². The highest BCUT2D eigenvalue weighted by atomic mass is 32.2. The van der Waals surface area contributed by atoms with E-state index in [0.717, 1.165) is 11.1 Å². The van der Waals surface area contributed by atoms with Crippen molar-refractivity contribution in [3.63, 3.8) is 0 Å². The molecule has 33 heavy (non-hydrogen) atoms. The van der Waals surface area contributed by atoms with E-state index in [1.54, 1.807) is 0 Å². The van der Waals surface area contributed by atoms with E-state index in [0.29, 0.717) is 19.7 Å². The molecule has 0 bridgehead atoms. The molecule has 0 unspecified atom stereocenters. The van der Waals surface area contributed by atoms with E-state index in [1.165, 1.54) is 0 Å². The molecule has 0 N–H and O–H groups in total. The molecule has 2 aromatic carbocycles. The second kappa shape index (κ2) is 9.09. The summed E-state index contributed by atoms with van der Waals surface area (Å²) in [5.74, 6) is -0.610. The van der Waals surface area contributed by atoms with Crippen LogP contribution in [0.2, 0.25) is 0 Å². The third kappa shape index (κ3) is 5.16. The van der Waals surface area contributed by atoms with Gasteiger partial charge in [-0.05, 0) is 25.0 Å². The molecular formula is C25H31NO6S. The molecule has 7 nitrogen and oxygen atoms in total. The summed E-state index contributed by atoms with van der Waals surface area (Å²) >= 11 is 0. The third-order valence-electron chi connectivity index (χ3n) is 6.50. The molecule has 0 aliphatic carbocycles. The first-order valence-corrected chi connectivity index (χ1v) is 13.3. The van der Waals surface area contributed by atoms with Gasteiger partial charge in [0.2, 0.25) is 0 Å². The lowest BCUT2D eigenvalue weighted by molar-refractivity contribution is -0.226. The fourth-order valence-corrected chi connectivity index (χ4v) is 6.56. The van der Waals surface area contributed by atoms with Gasteiger partial charge in [0.15, 0.2) is 21.9 Å². The van der Waals surface area contributed by atoms with Crippen molar-refractivity contribution in [3.8, 4) is 0 Å². The molecule has 0 spiro atoms. The summed E-state index contributed by atoms with van der Waals surface area (Å²) in [6.45, 7) is 5.19. The van der Waals surface area contributed by atoms with Crippen molar-refractivity contribution >= 4 is 9.84 Å². The van der Waals surface area contributed by atoms with E-state index in [9.17, 15) is 8.42 Å². The average Bonchev–Trinajstić information content (AvgIpc) is 3.26. The van der Waals surface area contributed by atoms with E-state index in [2.05, 4.69) is 17.0 Å². The first kappa shape index (κ1) is 23.0. The van der Waals surface area contributed by atoms with Crippen LogP contribution < -0.4 is 0 Å². The first-order chi connectivity index (χ1) is 15.8. The fraction of sp³-hybridized carbons (Fsp3) is 0.520. The molecule has 3 aliphatic rings. The Morgan fingerprint density at radius 3 is 2.33 bits per heavy atom. The van der Waals surface area contributed by atoms with Crippen LogP contribution in [0.25, 0.3) is 0 Å². The third-order valence-corrected chi connectivity index (χ3v) is 8.16. The van der Waals surface area contributed by atoms with Gasteiger partial charge >= 0.3 is 0 Å². The van der Waals surface area contributed by atoms with E-state index >= 15 is 0 Å². The highest BCUT2D eigenvalue weighted by Gasteiger charge is 2.58. The second-order valence-electron chi connectivity index (χ2n) is 9.47. The average molecular weight is 474 g/mol. The lowest BCUT2D eigenvalue weighted by atomic mass is 10.0. The minimum Gasteiger partial charge on any atom is -0.368 e. The van der Waals surface area contributed by atoms with Gasteiger partial charge in [0, 0.05) is 13.1 Å². The summed E-state index contributed by atoms with van der Waals surface area (Å²) < 4.78 is 50.2. The van der Waals surface area contributed by atoms with Crippen molar-refractivity contribution in [3.05, 3.63) is 71.8 Å². The molecule has 8 heteroatoms. The van der Waals surface area contributed by atoms with Gasteiger partial charge in [0.05, 0.1) is 24.2 Å². The van der Waals surface area contributed by atoms with Crippen LogP contribution in [0.5, 0.6) is 0 Å². The number of hydrogen-bond donors (Lipinski definition) is 0. The van der Waals surface area contributed by atoms with E-state index in [1.807, 2.05) is 62.4 Å². The van der Waals surface area contributed by atoms with Gasteiger partial charge < -0.3 is 18.9 Å². The summed E-state index contributed by atoms with van der Waals surface area (Å²) in [4.78, 5) is 2.20. The highest BCUT2D eigenvalue weighted by molar-refractivity contribution is 7.91. The number of nitrogens with zero attached hydrogens (tertiary/aromatic N) is 1. The molecular weight excluding hydrogens is 442 g/mol. The number of ether oxygens (including phenoxy) is 4. The quantitative estimate of drug-likeness (QED) is 0.639. The van der Waals surface area contributed by atoms with Gasteiger partial charge in [-0.2, -0.15) is 0 Å². The zero-order valence-corrected chi connectivity index (χ0v) is 19.8. The van der Waals surface area contributed by atoms with Gasteiger partial charge in [-0.15, -0.1) is 0 Å². The summed E-state index contributed by atoms with van der Waals surface area (Å²) in [5, 5.41) is 0. The number of rotatable bonds is 6. The van der Waals surface area contributed by atoms with Crippen molar-refractivity contribution in [2.24, 2.45) is 0 Å². The first-order valence-electron chi connectivity index (χ1n) is 11.4. The number of fused-ring (bicyclic) bond motifs is 1. The summed E-state index contributed by atoms with van der Waals surface area (Å²) in [6.07, 6.45) is -1.95. The predicted molar refractivity (Wildman–Crippen MR) is 123 cm³/mol. The minimum atomic E-state index is -3.19. The van der Waals surface area contributed by atoms with Crippen LogP contribution in [0.1, 0.15) is 25.0 Å². The summed E-state index contributed by atoms with van der Waals surface area (Å²) in [5.41, 5.74) is 2.17. The smallest absolute Gasteiger partial charge is 0.190 e. The van der Waals surface area contributed by atoms with Crippen LogP contribution in [0.4, 0.5) is 0 Å². The monoisotopic (exact) mass is 473 g/mol. The summed E-state index contributed by atoms with van der Waals surface area (Å²) in [7, 11) is -3.19. The molecule has 3 saturated heterocycles. The van der Waals surface area contributed by atoms with Crippen molar-refractivity contribution < 1.29 is 27.4 Å². The lowest BCUT2D eigenvalue weighted by Crippen LogP contribution is -2.57. The molecule has 3 fully saturated rings. The Bertz CT molecular complexity index is 1050. The normalized spacial score (nSPS) is 33.1. The standard InChI is InChI=1S/C25H31NO6S/c1-25(2)31-23-22(29-16-19-11-7-4-8-12-19)21(30-24(23)32-25)20-17-33(27,28)14-13-26(20)15-18-9-5-3-6-10-18/h3-12,20-24H,13-17H2,1-2H3/t20-,21+,22-,23+,24+/m0/s1. The lowest BCUT2D eigenvalue weighted by Gasteiger charge is -2.40. The minimum absolute atomic E-state index is 0.0263. The van der Waals surface area contributed by atoms with Crippen LogP contribution in [-0.2, 0) is 41.9 Å². The molecule has 5 atom stereocenters. The molecule has 178 valence electrons. The topological polar surface area (TPSA) is 74.3 Å². The number of hydrogen-bond acceptors (Lipinski definition) is 7. The number of benzene rings is 2. The van der Waals surface area contributed by atoms with Gasteiger partial charge in [-0.3, -0.25) is 4.90 Å². The fourth-order valence-electron chi connectivity index (χ4n) is 4.96. The Labute approximate surface area is 195 Å². The maximum absolute atomic E-state index is 12.7. The molecule has 2 aromatic rings. The van der Waals surface area contributed by atoms with Crippen LogP contribution in [0, 0.1) is 0 Å².